The van der Waals surface area contributed by atoms with Crippen molar-refractivity contribution < 1.29 is 67.0 Å². The van der Waals surface area contributed by atoms with Gasteiger partial charge in [-0.3, -0.25) is 9.59 Å². The number of alkyl halides is 12. The molecule has 0 N–H and O–H groups in total. The molecular weight excluding hydrogens is 1020 g/mol. The summed E-state index contributed by atoms with van der Waals surface area (Å²) in [5, 5.41) is 0. The quantitative estimate of drug-likeness (QED) is 0.128. The molecule has 0 amide bonds. The highest BCUT2D eigenvalue weighted by Crippen LogP contribution is 2.52. The van der Waals surface area contributed by atoms with Crippen LogP contribution in [0.25, 0.3) is 39.0 Å². The number of ether oxygens (including phenoxy) is 1. The molecule has 0 radical (unpaired) electrons. The van der Waals surface area contributed by atoms with Gasteiger partial charge in [-0.25, -0.2) is 0 Å². The highest BCUT2D eigenvalue weighted by Gasteiger charge is 2.40. The van der Waals surface area contributed by atoms with Gasteiger partial charge in [-0.2, -0.15) is 52.7 Å². The summed E-state index contributed by atoms with van der Waals surface area (Å²) < 4.78 is 171. The maximum Gasteiger partial charge on any atom is 0.416 e. The molecule has 7 aromatic carbocycles. The van der Waals surface area contributed by atoms with Crippen LogP contribution in [0.2, 0.25) is 0 Å². The van der Waals surface area contributed by atoms with Crippen molar-refractivity contribution in [3.8, 4) is 11.5 Å². The van der Waals surface area contributed by atoms with Crippen LogP contribution in [0.3, 0.4) is 0 Å². The fourth-order valence-corrected chi connectivity index (χ4v) is 9.73. The van der Waals surface area contributed by atoms with Gasteiger partial charge in [0.2, 0.25) is 0 Å². The van der Waals surface area contributed by atoms with E-state index >= 15 is 0 Å². The highest BCUT2D eigenvalue weighted by atomic mass is 19.4. The maximum atomic E-state index is 14.8. The summed E-state index contributed by atoms with van der Waals surface area (Å²) in [7, 11) is 0. The lowest BCUT2D eigenvalue weighted by Gasteiger charge is -2.18. The van der Waals surface area contributed by atoms with E-state index in [1.165, 1.54) is 36.4 Å². The molecular formula is C62H36F12O3. The molecule has 77 heavy (non-hydrogen) atoms. The molecule has 15 heteroatoms. The van der Waals surface area contributed by atoms with Crippen molar-refractivity contribution in [1.29, 1.82) is 0 Å². The maximum absolute atomic E-state index is 14.8. The van der Waals surface area contributed by atoms with Crippen molar-refractivity contribution in [2.24, 2.45) is 0 Å². The first kappa shape index (κ1) is 51.8. The third-order valence-electron chi connectivity index (χ3n) is 13.3. The van der Waals surface area contributed by atoms with Gasteiger partial charge in [-0.05, 0) is 136 Å². The van der Waals surface area contributed by atoms with Crippen LogP contribution in [-0.2, 0) is 34.3 Å². The van der Waals surface area contributed by atoms with Crippen molar-refractivity contribution in [3.63, 3.8) is 0 Å². The van der Waals surface area contributed by atoms with Gasteiger partial charge < -0.3 is 4.74 Å². The molecule has 0 aliphatic heterocycles. The Bertz CT molecular complexity index is 3640. The summed E-state index contributed by atoms with van der Waals surface area (Å²) in [6, 6.07) is 37.5. The number of Topliss-reactive ketones (excluding diaryl/α,β-unsaturated/α-hetero) is 2. The van der Waals surface area contributed by atoms with Crippen molar-refractivity contribution in [2.45, 2.75) is 37.5 Å². The Morgan fingerprint density at radius 1 is 0.312 bits per heavy atom. The van der Waals surface area contributed by atoms with E-state index in [0.717, 1.165) is 60.7 Å². The molecule has 0 spiro atoms. The monoisotopic (exact) mass is 1060 g/mol. The number of hydrogen-bond acceptors (Lipinski definition) is 3. The Hall–Kier alpha value is -8.72. The zero-order valence-corrected chi connectivity index (χ0v) is 39.6. The number of allylic oxidation sites excluding steroid dienone is 12. The number of halogens is 12. The average Bonchev–Trinajstić information content (AvgIpc) is 3.97. The van der Waals surface area contributed by atoms with Crippen LogP contribution in [0.1, 0.15) is 74.0 Å². The zero-order chi connectivity index (χ0) is 54.6. The Morgan fingerprint density at radius 3 is 0.883 bits per heavy atom. The fourth-order valence-electron chi connectivity index (χ4n) is 9.73. The molecule has 3 aliphatic rings. The summed E-state index contributed by atoms with van der Waals surface area (Å²) in [5.74, 6) is -0.713. The molecule has 0 fully saturated rings. The first-order valence-corrected chi connectivity index (χ1v) is 23.6. The van der Waals surface area contributed by atoms with Crippen LogP contribution in [0.4, 0.5) is 52.7 Å². The summed E-state index contributed by atoms with van der Waals surface area (Å²) in [5.41, 5.74) is 0.235. The van der Waals surface area contributed by atoms with E-state index < -0.39 is 58.5 Å². The molecule has 0 heterocycles. The standard InChI is InChI=1S/C62H36F12O3/c63-59(64,65)43-23-11-39(12-24-43)53-49(35-7-3-1-4-8-35)51(55(57(53)75)41-15-27-45(28-16-41)61(69,70)71)37-19-31-47(32-20-37)77-48-33-21-38(22-34-48)52-50(36-9-5-2-6-10-36)54(40-13-25-44(26-14-40)60(66,67)68)58(76)56(52)42-17-29-46(30-18-42)62(72,73)74/h1-5,7-9,11-34H,6,10H2. The van der Waals surface area contributed by atoms with Crippen molar-refractivity contribution >= 4 is 50.6 Å². The number of ketones is 2. The summed E-state index contributed by atoms with van der Waals surface area (Å²) in [6.07, 6.45) is -12.3. The van der Waals surface area contributed by atoms with Crippen molar-refractivity contribution in [2.75, 3.05) is 0 Å². The number of rotatable bonds is 10. The van der Waals surface area contributed by atoms with Crippen LogP contribution in [0, 0.1) is 0 Å². The highest BCUT2D eigenvalue weighted by molar-refractivity contribution is 6.59. The summed E-state index contributed by atoms with van der Waals surface area (Å²) in [4.78, 5) is 29.6. The predicted molar refractivity (Wildman–Crippen MR) is 269 cm³/mol. The zero-order valence-electron chi connectivity index (χ0n) is 39.6. The van der Waals surface area contributed by atoms with Gasteiger partial charge in [0.1, 0.15) is 11.5 Å². The number of benzene rings is 7. The van der Waals surface area contributed by atoms with Crippen LogP contribution >= 0.6 is 0 Å². The Kier molecular flexibility index (Phi) is 13.3. The van der Waals surface area contributed by atoms with Gasteiger partial charge in [0.15, 0.2) is 11.6 Å². The molecule has 0 unspecified atom stereocenters. The molecule has 3 aliphatic carbocycles. The topological polar surface area (TPSA) is 43.4 Å². The van der Waals surface area contributed by atoms with Gasteiger partial charge >= 0.3 is 24.7 Å². The van der Waals surface area contributed by atoms with Gasteiger partial charge in [-0.1, -0.05) is 121 Å². The minimum Gasteiger partial charge on any atom is -0.457 e. The molecule has 3 nitrogen and oxygen atoms in total. The SMILES string of the molecule is O=C1C(c2ccc(C(F)(F)F)cc2)=C(C2=CC=CCC2)C(c2ccc(Oc3ccc(C4=C(c5ccc(C(F)(F)F)cc5)C(=O)C(c5ccc(C(F)(F)F)cc5)=C4c4ccccc4)cc3)cc2)=C1c1ccc(C(F)(F)F)cc1. The summed E-state index contributed by atoms with van der Waals surface area (Å²) >= 11 is 0. The minimum absolute atomic E-state index is 0.00186. The third kappa shape index (κ3) is 10.2. The first-order valence-electron chi connectivity index (χ1n) is 23.6. The van der Waals surface area contributed by atoms with Gasteiger partial charge in [-0.15, -0.1) is 0 Å². The average molecular weight is 1060 g/mol. The van der Waals surface area contributed by atoms with E-state index in [0.29, 0.717) is 51.8 Å². The molecule has 7 aromatic rings. The lowest BCUT2D eigenvalue weighted by atomic mass is 9.85. The Labute approximate surface area is 431 Å². The lowest BCUT2D eigenvalue weighted by molar-refractivity contribution is -0.138. The molecule has 10 rings (SSSR count). The predicted octanol–water partition coefficient (Wildman–Crippen LogP) is 17.9. The molecule has 0 atom stereocenters. The minimum atomic E-state index is -4.69. The lowest BCUT2D eigenvalue weighted by Crippen LogP contribution is -2.07. The van der Waals surface area contributed by atoms with Gasteiger partial charge in [0, 0.05) is 39.0 Å². The second-order valence-corrected chi connectivity index (χ2v) is 18.1. The van der Waals surface area contributed by atoms with Crippen LogP contribution in [0.15, 0.2) is 205 Å². The molecule has 0 bridgehead atoms. The van der Waals surface area contributed by atoms with E-state index in [4.69, 9.17) is 4.74 Å². The molecule has 386 valence electrons. The van der Waals surface area contributed by atoms with Crippen LogP contribution < -0.4 is 4.74 Å². The van der Waals surface area contributed by atoms with E-state index in [1.807, 2.05) is 6.08 Å². The second kappa shape index (κ2) is 19.8. The van der Waals surface area contributed by atoms with Crippen LogP contribution in [-0.4, -0.2) is 11.6 Å². The van der Waals surface area contributed by atoms with Crippen molar-refractivity contribution in [1.82, 2.24) is 0 Å². The Morgan fingerprint density at radius 2 is 0.584 bits per heavy atom. The number of hydrogen-bond donors (Lipinski definition) is 0. The fraction of sp³-hybridized carbons (Fsp3) is 0.0968. The first-order chi connectivity index (χ1) is 36.6. The van der Waals surface area contributed by atoms with Crippen molar-refractivity contribution in [3.05, 3.63) is 266 Å². The largest absolute Gasteiger partial charge is 0.457 e. The Balaban J connectivity index is 1.05. The van der Waals surface area contributed by atoms with E-state index in [2.05, 4.69) is 0 Å². The smallest absolute Gasteiger partial charge is 0.416 e. The number of carbonyl (C=O) groups excluding carboxylic acids is 2. The van der Waals surface area contributed by atoms with Gasteiger partial charge in [0.05, 0.1) is 22.3 Å². The molecule has 0 aromatic heterocycles. The van der Waals surface area contributed by atoms with Crippen LogP contribution in [0.5, 0.6) is 11.5 Å². The molecule has 0 saturated carbocycles. The molecule has 0 saturated heterocycles. The second-order valence-electron chi connectivity index (χ2n) is 18.1. The number of carbonyl (C=O) groups is 2. The van der Waals surface area contributed by atoms with E-state index in [-0.39, 0.29) is 61.6 Å². The third-order valence-corrected chi connectivity index (χ3v) is 13.3. The van der Waals surface area contributed by atoms with Gasteiger partial charge in [0.25, 0.3) is 0 Å². The van der Waals surface area contributed by atoms with E-state index in [1.54, 1.807) is 91.0 Å². The summed E-state index contributed by atoms with van der Waals surface area (Å²) in [6.45, 7) is 0. The normalized spacial score (nSPS) is 15.6. The van der Waals surface area contributed by atoms with E-state index in [9.17, 15) is 62.3 Å².